The van der Waals surface area contributed by atoms with Crippen molar-refractivity contribution in [3.63, 3.8) is 0 Å². The Morgan fingerprint density at radius 1 is 1.19 bits per heavy atom. The van der Waals surface area contributed by atoms with E-state index in [1.54, 1.807) is 18.7 Å². The normalized spacial score (nSPS) is 14.4. The summed E-state index contributed by atoms with van der Waals surface area (Å²) in [6, 6.07) is 3.90. The van der Waals surface area contributed by atoms with Crippen LogP contribution in [0.5, 0.6) is 0 Å². The fraction of sp³-hybridized carbons (Fsp3) is 0.421. The molecule has 140 valence electrons. The predicted octanol–water partition coefficient (Wildman–Crippen LogP) is 2.47. The van der Waals surface area contributed by atoms with Gasteiger partial charge in [-0.05, 0) is 24.5 Å². The zero-order valence-corrected chi connectivity index (χ0v) is 15.8. The molecule has 3 aromatic rings. The lowest BCUT2D eigenvalue weighted by Crippen LogP contribution is -2.20. The topological polar surface area (TPSA) is 93.4 Å². The summed E-state index contributed by atoms with van der Waals surface area (Å²) in [5, 5.41) is 11.3. The van der Waals surface area contributed by atoms with E-state index in [9.17, 15) is 0 Å². The van der Waals surface area contributed by atoms with Crippen LogP contribution < -0.4 is 10.6 Å². The maximum absolute atomic E-state index is 4.85. The zero-order chi connectivity index (χ0) is 18.8. The number of nitrogens with one attached hydrogen (secondary N) is 2. The number of hydrogen-bond acceptors (Lipinski definition) is 7. The lowest BCUT2D eigenvalue weighted by Gasteiger charge is -2.22. The summed E-state index contributed by atoms with van der Waals surface area (Å²) in [4.78, 5) is 18.2. The Balaban J connectivity index is 1.73. The van der Waals surface area contributed by atoms with Gasteiger partial charge in [0.15, 0.2) is 5.82 Å². The van der Waals surface area contributed by atoms with E-state index in [4.69, 9.17) is 9.97 Å². The summed E-state index contributed by atoms with van der Waals surface area (Å²) in [7, 11) is 1.92. The van der Waals surface area contributed by atoms with Crippen molar-refractivity contribution < 1.29 is 0 Å². The van der Waals surface area contributed by atoms with Gasteiger partial charge in [0, 0.05) is 43.7 Å². The molecule has 4 rings (SSSR count). The van der Waals surface area contributed by atoms with Gasteiger partial charge in [0.25, 0.3) is 0 Å². The summed E-state index contributed by atoms with van der Waals surface area (Å²) in [5.41, 5.74) is 3.13. The molecule has 0 saturated carbocycles. The lowest BCUT2D eigenvalue weighted by molar-refractivity contribution is 0.497. The van der Waals surface area contributed by atoms with Crippen LogP contribution in [0.1, 0.15) is 43.4 Å². The molecule has 4 heterocycles. The van der Waals surface area contributed by atoms with E-state index in [2.05, 4.69) is 39.5 Å². The molecule has 3 aromatic heterocycles. The van der Waals surface area contributed by atoms with Crippen molar-refractivity contribution in [3.8, 4) is 11.4 Å². The molecule has 8 nitrogen and oxygen atoms in total. The third kappa shape index (κ3) is 3.66. The zero-order valence-electron chi connectivity index (χ0n) is 15.8. The van der Waals surface area contributed by atoms with E-state index in [1.165, 1.54) is 0 Å². The van der Waals surface area contributed by atoms with Crippen LogP contribution in [0.25, 0.3) is 11.4 Å². The first kappa shape index (κ1) is 17.5. The van der Waals surface area contributed by atoms with Gasteiger partial charge in [-0.1, -0.05) is 13.8 Å². The second kappa shape index (κ2) is 7.40. The van der Waals surface area contributed by atoms with E-state index < -0.39 is 0 Å². The number of aryl methyl sites for hydroxylation is 1. The van der Waals surface area contributed by atoms with Crippen LogP contribution in [-0.2, 0) is 20.1 Å². The first-order chi connectivity index (χ1) is 13.1. The third-order valence-electron chi connectivity index (χ3n) is 4.70. The van der Waals surface area contributed by atoms with Gasteiger partial charge in [-0.25, -0.2) is 15.0 Å². The molecule has 27 heavy (non-hydrogen) atoms. The highest BCUT2D eigenvalue weighted by atomic mass is 15.3. The Morgan fingerprint density at radius 2 is 2.00 bits per heavy atom. The number of rotatable bonds is 6. The van der Waals surface area contributed by atoms with Crippen molar-refractivity contribution >= 4 is 5.82 Å². The van der Waals surface area contributed by atoms with Crippen LogP contribution in [-0.4, -0.2) is 29.7 Å². The molecular weight excluding hydrogens is 340 g/mol. The maximum Gasteiger partial charge on any atom is 0.161 e. The molecule has 0 saturated heterocycles. The van der Waals surface area contributed by atoms with E-state index in [1.807, 2.05) is 23.9 Å². The molecule has 0 unspecified atom stereocenters. The van der Waals surface area contributed by atoms with Crippen LogP contribution in [0, 0.1) is 5.92 Å². The molecule has 0 fully saturated rings. The molecule has 0 aromatic carbocycles. The highest BCUT2D eigenvalue weighted by Crippen LogP contribution is 2.30. The van der Waals surface area contributed by atoms with Crippen molar-refractivity contribution in [2.45, 2.75) is 39.4 Å². The average Bonchev–Trinajstić information content (AvgIpc) is 3.30. The minimum absolute atomic E-state index is 0.0300. The molecule has 2 N–H and O–H groups in total. The number of nitrogens with zero attached hydrogens (tertiary/aromatic N) is 6. The van der Waals surface area contributed by atoms with Crippen LogP contribution >= 0.6 is 0 Å². The number of anilines is 1. The third-order valence-corrected chi connectivity index (χ3v) is 4.70. The molecule has 0 bridgehead atoms. The molecule has 1 aliphatic rings. The van der Waals surface area contributed by atoms with Gasteiger partial charge < -0.3 is 10.6 Å². The Kier molecular flexibility index (Phi) is 4.81. The summed E-state index contributed by atoms with van der Waals surface area (Å²) >= 11 is 0. The Hall–Kier alpha value is -2.87. The Bertz CT molecular complexity index is 919. The van der Waals surface area contributed by atoms with E-state index in [0.717, 1.165) is 48.0 Å². The first-order valence-corrected chi connectivity index (χ1v) is 9.23. The summed E-state index contributed by atoms with van der Waals surface area (Å²) < 4.78 is 1.82. The van der Waals surface area contributed by atoms with Crippen molar-refractivity contribution in [2.75, 3.05) is 5.32 Å². The van der Waals surface area contributed by atoms with Gasteiger partial charge in [-0.2, -0.15) is 5.10 Å². The van der Waals surface area contributed by atoms with Gasteiger partial charge in [-0.3, -0.25) is 9.67 Å². The smallest absolute Gasteiger partial charge is 0.161 e. The highest BCUT2D eigenvalue weighted by Gasteiger charge is 2.24. The molecule has 0 amide bonds. The Morgan fingerprint density at radius 3 is 2.70 bits per heavy atom. The van der Waals surface area contributed by atoms with Crippen molar-refractivity contribution in [1.82, 2.24) is 35.0 Å². The van der Waals surface area contributed by atoms with Crippen LogP contribution in [0.2, 0.25) is 0 Å². The molecule has 0 radical (unpaired) electrons. The molecule has 1 aliphatic heterocycles. The van der Waals surface area contributed by atoms with Gasteiger partial charge in [-0.15, -0.1) is 0 Å². The largest absolute Gasteiger partial charge is 0.360 e. The SMILES string of the molecule is CC(C)C[C@H](Nc1nc(-c2ccncc2)nc2c1CNC2)c1ncnn1C. The summed E-state index contributed by atoms with van der Waals surface area (Å²) in [6.45, 7) is 5.93. The maximum atomic E-state index is 4.85. The number of hydrogen-bond donors (Lipinski definition) is 2. The predicted molar refractivity (Wildman–Crippen MR) is 103 cm³/mol. The minimum Gasteiger partial charge on any atom is -0.360 e. The highest BCUT2D eigenvalue weighted by molar-refractivity contribution is 5.60. The summed E-state index contributed by atoms with van der Waals surface area (Å²) in [6.07, 6.45) is 6.05. The van der Waals surface area contributed by atoms with Crippen LogP contribution in [0.3, 0.4) is 0 Å². The summed E-state index contributed by atoms with van der Waals surface area (Å²) in [5.74, 6) is 2.99. The van der Waals surface area contributed by atoms with Gasteiger partial charge in [0.1, 0.15) is 18.0 Å². The second-order valence-corrected chi connectivity index (χ2v) is 7.23. The fourth-order valence-corrected chi connectivity index (χ4v) is 3.40. The molecule has 0 aliphatic carbocycles. The quantitative estimate of drug-likeness (QED) is 0.694. The lowest BCUT2D eigenvalue weighted by atomic mass is 10.0. The van der Waals surface area contributed by atoms with Crippen molar-refractivity contribution in [1.29, 1.82) is 0 Å². The standard InChI is InChI=1S/C19H24N8/c1-12(2)8-15(19-22-11-23-27(19)3)24-18-14-9-21-10-16(14)25-17(26-18)13-4-6-20-7-5-13/h4-7,11-12,15,21H,8-10H2,1-3H3,(H,24,25,26)/t15-/m0/s1. The van der Waals surface area contributed by atoms with Gasteiger partial charge >= 0.3 is 0 Å². The molecular formula is C19H24N8. The first-order valence-electron chi connectivity index (χ1n) is 9.23. The Labute approximate surface area is 158 Å². The monoisotopic (exact) mass is 364 g/mol. The van der Waals surface area contributed by atoms with Crippen LogP contribution in [0.4, 0.5) is 5.82 Å². The van der Waals surface area contributed by atoms with E-state index in [0.29, 0.717) is 11.7 Å². The molecule has 1 atom stereocenters. The fourth-order valence-electron chi connectivity index (χ4n) is 3.40. The number of aromatic nitrogens is 6. The van der Waals surface area contributed by atoms with Gasteiger partial charge in [0.2, 0.25) is 0 Å². The van der Waals surface area contributed by atoms with E-state index >= 15 is 0 Å². The molecule has 0 spiro atoms. The van der Waals surface area contributed by atoms with Crippen molar-refractivity contribution in [3.05, 3.63) is 47.9 Å². The number of fused-ring (bicyclic) bond motifs is 1. The van der Waals surface area contributed by atoms with Crippen LogP contribution in [0.15, 0.2) is 30.9 Å². The van der Waals surface area contributed by atoms with Crippen molar-refractivity contribution in [2.24, 2.45) is 13.0 Å². The van der Waals surface area contributed by atoms with E-state index in [-0.39, 0.29) is 6.04 Å². The minimum atomic E-state index is 0.0300. The number of pyridine rings is 1. The molecule has 8 heteroatoms. The second-order valence-electron chi connectivity index (χ2n) is 7.23. The van der Waals surface area contributed by atoms with Gasteiger partial charge in [0.05, 0.1) is 11.7 Å². The average molecular weight is 364 g/mol.